The van der Waals surface area contributed by atoms with E-state index in [1.165, 1.54) is 0 Å². The van der Waals surface area contributed by atoms with Gasteiger partial charge in [-0.1, -0.05) is 17.7 Å². The topological polar surface area (TPSA) is 56.2 Å². The second-order valence-electron chi connectivity index (χ2n) is 6.35. The lowest BCUT2D eigenvalue weighted by Gasteiger charge is -2.23. The van der Waals surface area contributed by atoms with Gasteiger partial charge in [0.25, 0.3) is 0 Å². The zero-order chi connectivity index (χ0) is 16.8. The van der Waals surface area contributed by atoms with Crippen LogP contribution in [0.2, 0.25) is 5.02 Å². The molecule has 0 unspecified atom stereocenters. The smallest absolute Gasteiger partial charge is 0.137 e. The van der Waals surface area contributed by atoms with E-state index in [-0.39, 0.29) is 19.1 Å². The van der Waals surface area contributed by atoms with Gasteiger partial charge in [-0.25, -0.2) is 0 Å². The lowest BCUT2D eigenvalue weighted by atomic mass is 9.96. The first kappa shape index (κ1) is 18.5. The first-order valence-electron chi connectivity index (χ1n) is 8.02. The summed E-state index contributed by atoms with van der Waals surface area (Å²) in [7, 11) is 3.62. The van der Waals surface area contributed by atoms with Crippen LogP contribution in [0, 0.1) is 11.8 Å². The van der Waals surface area contributed by atoms with Gasteiger partial charge in [0, 0.05) is 39.3 Å². The Kier molecular flexibility index (Phi) is 7.11. The van der Waals surface area contributed by atoms with Gasteiger partial charge in [-0.2, -0.15) is 0 Å². The summed E-state index contributed by atoms with van der Waals surface area (Å²) in [5.74, 6) is 1.39. The molecule has 130 valence electrons. The maximum Gasteiger partial charge on any atom is 0.137 e. The Hall–Kier alpha value is -0.850. The van der Waals surface area contributed by atoms with Crippen LogP contribution in [0.4, 0.5) is 0 Å². The van der Waals surface area contributed by atoms with E-state index in [0.29, 0.717) is 23.2 Å². The minimum atomic E-state index is 0.168. The highest BCUT2D eigenvalue weighted by Gasteiger charge is 2.32. The molecule has 2 N–H and O–H groups in total. The largest absolute Gasteiger partial charge is 0.495 e. The Morgan fingerprint density at radius 2 is 2.04 bits per heavy atom. The number of hydrogen-bond acceptors (Lipinski definition) is 5. The number of likely N-dealkylation sites (tertiary alicyclic amines) is 1. The standard InChI is InChI=1S/C17H27ClN2O3/c1-19(5-6-21)9-14-10-20(11-15(14)12-22)8-13-3-4-17(23-2)16(18)7-13/h3-4,7,14-15,21-22H,5-6,8-12H2,1-2H3/t14-,15-/m1/s1. The first-order chi connectivity index (χ1) is 11.1. The molecule has 6 heteroatoms. The molecule has 1 aliphatic rings. The van der Waals surface area contributed by atoms with Crippen LogP contribution in [0.25, 0.3) is 0 Å². The summed E-state index contributed by atoms with van der Waals surface area (Å²) in [4.78, 5) is 4.48. The van der Waals surface area contributed by atoms with Gasteiger partial charge in [-0.05, 0) is 36.6 Å². The van der Waals surface area contributed by atoms with Gasteiger partial charge in [0.1, 0.15) is 5.75 Å². The van der Waals surface area contributed by atoms with E-state index in [4.69, 9.17) is 21.4 Å². The van der Waals surface area contributed by atoms with Crippen molar-refractivity contribution in [2.45, 2.75) is 6.54 Å². The number of likely N-dealkylation sites (N-methyl/N-ethyl adjacent to an activating group) is 1. The van der Waals surface area contributed by atoms with Crippen LogP contribution in [-0.2, 0) is 6.54 Å². The van der Waals surface area contributed by atoms with Crippen molar-refractivity contribution in [1.82, 2.24) is 9.80 Å². The first-order valence-corrected chi connectivity index (χ1v) is 8.40. The number of hydrogen-bond donors (Lipinski definition) is 2. The van der Waals surface area contributed by atoms with Crippen LogP contribution >= 0.6 is 11.6 Å². The Bertz CT molecular complexity index is 501. The van der Waals surface area contributed by atoms with Crippen molar-refractivity contribution < 1.29 is 14.9 Å². The van der Waals surface area contributed by atoms with Crippen LogP contribution in [0.3, 0.4) is 0 Å². The van der Waals surface area contributed by atoms with Crippen LogP contribution in [0.5, 0.6) is 5.75 Å². The van der Waals surface area contributed by atoms with Gasteiger partial charge in [0.15, 0.2) is 0 Å². The summed E-state index contributed by atoms with van der Waals surface area (Å²) in [5, 5.41) is 19.3. The fourth-order valence-corrected chi connectivity index (χ4v) is 3.59. The molecule has 1 saturated heterocycles. The second-order valence-corrected chi connectivity index (χ2v) is 6.76. The molecule has 2 rings (SSSR count). The fraction of sp³-hybridized carbons (Fsp3) is 0.647. The van der Waals surface area contributed by atoms with Gasteiger partial charge in [0.2, 0.25) is 0 Å². The maximum absolute atomic E-state index is 9.64. The van der Waals surface area contributed by atoms with E-state index in [1.807, 2.05) is 25.2 Å². The van der Waals surface area contributed by atoms with Crippen molar-refractivity contribution in [3.8, 4) is 5.75 Å². The van der Waals surface area contributed by atoms with Gasteiger partial charge >= 0.3 is 0 Å². The van der Waals surface area contributed by atoms with E-state index in [2.05, 4.69) is 9.80 Å². The SMILES string of the molecule is COc1ccc(CN2C[C@@H](CN(C)CCO)[C@@H](CO)C2)cc1Cl. The van der Waals surface area contributed by atoms with Crippen LogP contribution < -0.4 is 4.74 Å². The molecule has 0 saturated carbocycles. The number of ether oxygens (including phenoxy) is 1. The zero-order valence-electron chi connectivity index (χ0n) is 13.9. The van der Waals surface area contributed by atoms with Crippen LogP contribution in [0.1, 0.15) is 5.56 Å². The Morgan fingerprint density at radius 1 is 1.30 bits per heavy atom. The molecular formula is C17H27ClN2O3. The van der Waals surface area contributed by atoms with Crippen molar-refractivity contribution in [2.24, 2.45) is 11.8 Å². The zero-order valence-corrected chi connectivity index (χ0v) is 14.7. The highest BCUT2D eigenvalue weighted by molar-refractivity contribution is 6.32. The van der Waals surface area contributed by atoms with Gasteiger partial charge in [-0.3, -0.25) is 4.90 Å². The number of benzene rings is 1. The molecule has 1 aliphatic heterocycles. The van der Waals surface area contributed by atoms with E-state index in [9.17, 15) is 5.11 Å². The predicted molar refractivity (Wildman–Crippen MR) is 91.9 cm³/mol. The summed E-state index contributed by atoms with van der Waals surface area (Å²) < 4.78 is 5.18. The highest BCUT2D eigenvalue weighted by Crippen LogP contribution is 2.28. The molecule has 0 aliphatic carbocycles. The monoisotopic (exact) mass is 342 g/mol. The lowest BCUT2D eigenvalue weighted by Crippen LogP contribution is -2.32. The molecule has 0 bridgehead atoms. The minimum absolute atomic E-state index is 0.168. The normalized spacial score (nSPS) is 22.0. The molecule has 0 spiro atoms. The summed E-state index contributed by atoms with van der Waals surface area (Å²) in [6.07, 6.45) is 0. The molecule has 5 nitrogen and oxygen atoms in total. The summed E-state index contributed by atoms with van der Waals surface area (Å²) in [6.45, 7) is 4.59. The lowest BCUT2D eigenvalue weighted by molar-refractivity contribution is 0.160. The number of methoxy groups -OCH3 is 1. The molecular weight excluding hydrogens is 316 g/mol. The van der Waals surface area contributed by atoms with Crippen LogP contribution in [-0.4, -0.2) is 73.6 Å². The molecule has 2 atom stereocenters. The summed E-state index contributed by atoms with van der Waals surface area (Å²) in [5.41, 5.74) is 1.15. The number of halogens is 1. The summed E-state index contributed by atoms with van der Waals surface area (Å²) in [6, 6.07) is 5.87. The van der Waals surface area contributed by atoms with Crippen molar-refractivity contribution in [3.63, 3.8) is 0 Å². The number of nitrogens with zero attached hydrogens (tertiary/aromatic N) is 2. The molecule has 1 aromatic carbocycles. The number of aliphatic hydroxyl groups excluding tert-OH is 2. The van der Waals surface area contributed by atoms with Crippen LogP contribution in [0.15, 0.2) is 18.2 Å². The molecule has 1 aromatic rings. The Balaban J connectivity index is 1.95. The molecule has 0 amide bonds. The van der Waals surface area contributed by atoms with Crippen molar-refractivity contribution in [2.75, 3.05) is 53.6 Å². The molecule has 1 heterocycles. The average molecular weight is 343 g/mol. The second kappa shape index (κ2) is 8.85. The van der Waals surface area contributed by atoms with E-state index in [1.54, 1.807) is 7.11 Å². The third-order valence-corrected chi connectivity index (χ3v) is 4.83. The molecule has 0 radical (unpaired) electrons. The highest BCUT2D eigenvalue weighted by atomic mass is 35.5. The van der Waals surface area contributed by atoms with Gasteiger partial charge in [0.05, 0.1) is 18.7 Å². The molecule has 1 fully saturated rings. The molecule has 0 aromatic heterocycles. The Morgan fingerprint density at radius 3 is 2.65 bits per heavy atom. The van der Waals surface area contributed by atoms with Crippen molar-refractivity contribution in [3.05, 3.63) is 28.8 Å². The fourth-order valence-electron chi connectivity index (χ4n) is 3.31. The number of aliphatic hydroxyl groups is 2. The average Bonchev–Trinajstić information content (AvgIpc) is 2.89. The van der Waals surface area contributed by atoms with E-state index in [0.717, 1.165) is 31.7 Å². The third-order valence-electron chi connectivity index (χ3n) is 4.54. The van der Waals surface area contributed by atoms with Crippen molar-refractivity contribution in [1.29, 1.82) is 0 Å². The Labute approximate surface area is 143 Å². The third kappa shape index (κ3) is 5.06. The quantitative estimate of drug-likeness (QED) is 0.746. The summed E-state index contributed by atoms with van der Waals surface area (Å²) >= 11 is 6.19. The van der Waals surface area contributed by atoms with Gasteiger partial charge < -0.3 is 19.8 Å². The minimum Gasteiger partial charge on any atom is -0.495 e. The predicted octanol–water partition coefficient (Wildman–Crippen LogP) is 1.31. The molecule has 23 heavy (non-hydrogen) atoms. The van der Waals surface area contributed by atoms with E-state index < -0.39 is 0 Å². The van der Waals surface area contributed by atoms with Gasteiger partial charge in [-0.15, -0.1) is 0 Å². The maximum atomic E-state index is 9.64. The van der Waals surface area contributed by atoms with Crippen molar-refractivity contribution >= 4 is 11.6 Å². The van der Waals surface area contributed by atoms with E-state index >= 15 is 0 Å². The number of rotatable bonds is 8.